The number of nitrogens with one attached hydrogen (secondary N) is 1. The van der Waals surface area contributed by atoms with E-state index < -0.39 is 0 Å². The van der Waals surface area contributed by atoms with E-state index in [0.29, 0.717) is 5.92 Å². The minimum atomic E-state index is 0.516. The molecular weight excluding hydrogens is 294 g/mol. The Morgan fingerprint density at radius 2 is 2.09 bits per heavy atom. The number of aromatic nitrogens is 3. The summed E-state index contributed by atoms with van der Waals surface area (Å²) < 4.78 is 0. The van der Waals surface area contributed by atoms with Gasteiger partial charge in [0, 0.05) is 23.4 Å². The average molecular weight is 317 g/mol. The highest BCUT2D eigenvalue weighted by Crippen LogP contribution is 2.29. The van der Waals surface area contributed by atoms with Gasteiger partial charge in [0.15, 0.2) is 5.13 Å². The molecule has 0 unspecified atom stereocenters. The van der Waals surface area contributed by atoms with Crippen LogP contribution in [-0.2, 0) is 0 Å². The number of thiazole rings is 1. The molecule has 0 aromatic carbocycles. The van der Waals surface area contributed by atoms with Crippen LogP contribution in [0.15, 0.2) is 6.07 Å². The number of hydrogen-bond acceptors (Lipinski definition) is 6. The Hall–Kier alpha value is -1.53. The summed E-state index contributed by atoms with van der Waals surface area (Å²) in [6.45, 7) is 11.7. The summed E-state index contributed by atoms with van der Waals surface area (Å²) in [4.78, 5) is 17.4. The lowest BCUT2D eigenvalue weighted by Crippen LogP contribution is -2.19. The van der Waals surface area contributed by atoms with Crippen LogP contribution in [0.4, 0.5) is 10.9 Å². The van der Waals surface area contributed by atoms with Gasteiger partial charge in [-0.25, -0.2) is 15.0 Å². The summed E-state index contributed by atoms with van der Waals surface area (Å²) in [6.07, 6.45) is 1.18. The molecule has 3 rings (SSSR count). The molecule has 0 radical (unpaired) electrons. The summed E-state index contributed by atoms with van der Waals surface area (Å²) in [6, 6.07) is 2.09. The molecular formula is C16H23N5S. The highest BCUT2D eigenvalue weighted by atomic mass is 32.1. The maximum Gasteiger partial charge on any atom is 0.188 e. The van der Waals surface area contributed by atoms with E-state index in [1.54, 1.807) is 11.3 Å². The monoisotopic (exact) mass is 317 g/mol. The van der Waals surface area contributed by atoms with E-state index in [2.05, 4.69) is 45.1 Å². The molecule has 1 aliphatic rings. The van der Waals surface area contributed by atoms with Crippen molar-refractivity contribution in [3.63, 3.8) is 0 Å². The molecule has 1 N–H and O–H groups in total. The smallest absolute Gasteiger partial charge is 0.188 e. The van der Waals surface area contributed by atoms with Crippen molar-refractivity contribution in [2.24, 2.45) is 0 Å². The molecule has 1 aliphatic heterocycles. The van der Waals surface area contributed by atoms with E-state index in [1.807, 2.05) is 13.8 Å². The lowest BCUT2D eigenvalue weighted by molar-refractivity contribution is 0.353. The molecule has 0 spiro atoms. The summed E-state index contributed by atoms with van der Waals surface area (Å²) in [5.74, 6) is 2.19. The van der Waals surface area contributed by atoms with E-state index in [0.717, 1.165) is 47.8 Å². The first-order valence-electron chi connectivity index (χ1n) is 7.84. The zero-order chi connectivity index (χ0) is 15.7. The van der Waals surface area contributed by atoms with Gasteiger partial charge >= 0.3 is 0 Å². The van der Waals surface area contributed by atoms with Gasteiger partial charge in [-0.05, 0) is 40.3 Å². The summed E-state index contributed by atoms with van der Waals surface area (Å²) in [7, 11) is 0. The van der Waals surface area contributed by atoms with Crippen LogP contribution in [0.5, 0.6) is 0 Å². The Balaban J connectivity index is 1.80. The Kier molecular flexibility index (Phi) is 4.40. The van der Waals surface area contributed by atoms with Gasteiger partial charge in [-0.3, -0.25) is 0 Å². The second-order valence-electron chi connectivity index (χ2n) is 5.89. The standard InChI is InChI=1S/C16H23N5S/c1-5-21-7-6-13(9-21)14-8-15(19-12(4)18-14)20-16-17-10(2)11(3)22-16/h8,13H,5-7,9H2,1-4H3,(H,17,18,19,20)/t13-/m0/s1. The maximum absolute atomic E-state index is 4.65. The lowest BCUT2D eigenvalue weighted by atomic mass is 10.0. The van der Waals surface area contributed by atoms with Crippen LogP contribution in [0.25, 0.3) is 0 Å². The average Bonchev–Trinajstić information content (AvgIpc) is 3.06. The van der Waals surface area contributed by atoms with E-state index in [9.17, 15) is 0 Å². The third-order valence-electron chi connectivity index (χ3n) is 4.26. The number of anilines is 2. The Morgan fingerprint density at radius 1 is 1.27 bits per heavy atom. The molecule has 118 valence electrons. The van der Waals surface area contributed by atoms with Crippen LogP contribution in [0.2, 0.25) is 0 Å². The second-order valence-corrected chi connectivity index (χ2v) is 7.09. The third kappa shape index (κ3) is 3.28. The van der Waals surface area contributed by atoms with Gasteiger partial charge in [0.1, 0.15) is 11.6 Å². The number of nitrogens with zero attached hydrogens (tertiary/aromatic N) is 4. The van der Waals surface area contributed by atoms with Crippen molar-refractivity contribution in [2.75, 3.05) is 25.0 Å². The van der Waals surface area contributed by atoms with Crippen molar-refractivity contribution in [1.82, 2.24) is 19.9 Å². The van der Waals surface area contributed by atoms with Crippen molar-refractivity contribution in [3.8, 4) is 0 Å². The van der Waals surface area contributed by atoms with Gasteiger partial charge in [-0.2, -0.15) is 0 Å². The Morgan fingerprint density at radius 3 is 2.73 bits per heavy atom. The number of likely N-dealkylation sites (N-methyl/N-ethyl adjacent to an activating group) is 1. The van der Waals surface area contributed by atoms with Gasteiger partial charge in [0.2, 0.25) is 0 Å². The minimum Gasteiger partial charge on any atom is -0.316 e. The lowest BCUT2D eigenvalue weighted by Gasteiger charge is -2.14. The van der Waals surface area contributed by atoms with E-state index in [4.69, 9.17) is 0 Å². The molecule has 2 aromatic heterocycles. The van der Waals surface area contributed by atoms with Crippen LogP contribution < -0.4 is 5.32 Å². The number of hydrogen-bond donors (Lipinski definition) is 1. The fourth-order valence-corrected chi connectivity index (χ4v) is 3.68. The predicted molar refractivity (Wildman–Crippen MR) is 91.1 cm³/mol. The topological polar surface area (TPSA) is 53.9 Å². The molecule has 6 heteroatoms. The second kappa shape index (κ2) is 6.30. The summed E-state index contributed by atoms with van der Waals surface area (Å²) in [5, 5.41) is 4.24. The maximum atomic E-state index is 4.65. The molecule has 5 nitrogen and oxygen atoms in total. The van der Waals surface area contributed by atoms with Gasteiger partial charge in [0.25, 0.3) is 0 Å². The first kappa shape index (κ1) is 15.4. The van der Waals surface area contributed by atoms with E-state index in [-0.39, 0.29) is 0 Å². The molecule has 0 aliphatic carbocycles. The highest BCUT2D eigenvalue weighted by Gasteiger charge is 2.24. The van der Waals surface area contributed by atoms with Crippen LogP contribution in [0.1, 0.15) is 41.4 Å². The number of likely N-dealkylation sites (tertiary alicyclic amines) is 1. The van der Waals surface area contributed by atoms with Crippen LogP contribution in [-0.4, -0.2) is 39.5 Å². The molecule has 1 atom stereocenters. The summed E-state index contributed by atoms with van der Waals surface area (Å²) in [5.41, 5.74) is 2.23. The molecule has 3 heterocycles. The fourth-order valence-electron chi connectivity index (χ4n) is 2.86. The third-order valence-corrected chi connectivity index (χ3v) is 5.25. The number of rotatable bonds is 4. The zero-order valence-corrected chi connectivity index (χ0v) is 14.5. The molecule has 0 amide bonds. The van der Waals surface area contributed by atoms with Crippen molar-refractivity contribution in [1.29, 1.82) is 0 Å². The first-order chi connectivity index (χ1) is 10.5. The molecule has 1 fully saturated rings. The molecule has 2 aromatic rings. The van der Waals surface area contributed by atoms with Crippen LogP contribution in [0.3, 0.4) is 0 Å². The molecule has 0 saturated carbocycles. The first-order valence-corrected chi connectivity index (χ1v) is 8.65. The number of aryl methyl sites for hydroxylation is 3. The largest absolute Gasteiger partial charge is 0.316 e. The highest BCUT2D eigenvalue weighted by molar-refractivity contribution is 7.15. The molecule has 0 bridgehead atoms. The van der Waals surface area contributed by atoms with E-state index >= 15 is 0 Å². The fraction of sp³-hybridized carbons (Fsp3) is 0.562. The van der Waals surface area contributed by atoms with Gasteiger partial charge in [-0.15, -0.1) is 11.3 Å². The van der Waals surface area contributed by atoms with Crippen molar-refractivity contribution >= 4 is 22.3 Å². The molecule has 1 saturated heterocycles. The minimum absolute atomic E-state index is 0.516. The predicted octanol–water partition coefficient (Wildman–Crippen LogP) is 3.41. The van der Waals surface area contributed by atoms with Gasteiger partial charge in [-0.1, -0.05) is 6.92 Å². The molecule has 22 heavy (non-hydrogen) atoms. The Bertz CT molecular complexity index is 647. The van der Waals surface area contributed by atoms with Gasteiger partial charge in [0.05, 0.1) is 11.4 Å². The van der Waals surface area contributed by atoms with Crippen molar-refractivity contribution < 1.29 is 0 Å². The van der Waals surface area contributed by atoms with Crippen molar-refractivity contribution in [3.05, 3.63) is 28.2 Å². The zero-order valence-electron chi connectivity index (χ0n) is 13.7. The Labute approximate surface area is 135 Å². The van der Waals surface area contributed by atoms with Crippen LogP contribution >= 0.6 is 11.3 Å². The quantitative estimate of drug-likeness (QED) is 0.936. The van der Waals surface area contributed by atoms with E-state index in [1.165, 1.54) is 11.3 Å². The summed E-state index contributed by atoms with van der Waals surface area (Å²) >= 11 is 1.67. The van der Waals surface area contributed by atoms with Gasteiger partial charge < -0.3 is 10.2 Å². The van der Waals surface area contributed by atoms with Crippen molar-refractivity contribution in [2.45, 2.75) is 40.0 Å². The van der Waals surface area contributed by atoms with Crippen LogP contribution in [0, 0.1) is 20.8 Å². The SMILES string of the molecule is CCN1CC[C@H](c2cc(Nc3nc(C)c(C)s3)nc(C)n2)C1. The normalized spacial score (nSPS) is 18.8.